The quantitative estimate of drug-likeness (QED) is 0.822. The summed E-state index contributed by atoms with van der Waals surface area (Å²) in [6.45, 7) is 3.55. The molecule has 0 spiro atoms. The zero-order valence-electron chi connectivity index (χ0n) is 8.61. The van der Waals surface area contributed by atoms with E-state index in [1.165, 1.54) is 11.3 Å². The number of carboxylic acid groups (broad SMARTS) is 1. The molecular weight excluding hydrogens is 214 g/mol. The molecule has 2 N–H and O–H groups in total. The van der Waals surface area contributed by atoms with Crippen LogP contribution in [0.15, 0.2) is 11.4 Å². The number of hydrogen-bond acceptors (Lipinski definition) is 3. The summed E-state index contributed by atoms with van der Waals surface area (Å²) in [7, 11) is 0. The van der Waals surface area contributed by atoms with E-state index < -0.39 is 12.0 Å². The van der Waals surface area contributed by atoms with Gasteiger partial charge in [0.25, 0.3) is 5.91 Å². The average molecular weight is 227 g/mol. The Morgan fingerprint density at radius 1 is 1.60 bits per heavy atom. The molecule has 0 saturated heterocycles. The fourth-order valence-corrected chi connectivity index (χ4v) is 2.00. The zero-order valence-corrected chi connectivity index (χ0v) is 9.43. The van der Waals surface area contributed by atoms with Crippen LogP contribution in [0.2, 0.25) is 0 Å². The number of carboxylic acids is 1. The number of nitrogens with one attached hydrogen (secondary N) is 1. The number of aliphatic carboxylic acids is 1. The van der Waals surface area contributed by atoms with Gasteiger partial charge in [0.2, 0.25) is 0 Å². The number of hydrogen-bond donors (Lipinski definition) is 2. The highest BCUT2D eigenvalue weighted by atomic mass is 32.1. The van der Waals surface area contributed by atoms with E-state index in [4.69, 9.17) is 5.11 Å². The maximum atomic E-state index is 11.6. The zero-order chi connectivity index (χ0) is 11.4. The van der Waals surface area contributed by atoms with Crippen LogP contribution in [-0.2, 0) is 4.79 Å². The van der Waals surface area contributed by atoms with Gasteiger partial charge in [-0.05, 0) is 30.4 Å². The van der Waals surface area contributed by atoms with Crippen molar-refractivity contribution in [1.29, 1.82) is 0 Å². The van der Waals surface area contributed by atoms with Crippen molar-refractivity contribution in [2.75, 3.05) is 0 Å². The fraction of sp³-hybridized carbons (Fsp3) is 0.400. The highest BCUT2D eigenvalue weighted by Crippen LogP contribution is 2.15. The van der Waals surface area contributed by atoms with E-state index in [1.807, 2.05) is 18.4 Å². The predicted octanol–water partition coefficient (Wildman–Crippen LogP) is 1.65. The summed E-state index contributed by atoms with van der Waals surface area (Å²) in [4.78, 5) is 22.9. The molecule has 1 aromatic heterocycles. The van der Waals surface area contributed by atoms with Crippen LogP contribution in [0.1, 0.15) is 28.6 Å². The van der Waals surface area contributed by atoms with Gasteiger partial charge in [0, 0.05) is 0 Å². The Bertz CT molecular complexity index is 372. The standard InChI is InChI=1S/C10H13NO3S/c1-3-7(10(13)14)11-9(12)8-6(2)4-5-15-8/h4-5,7H,3H2,1-2H3,(H,11,12)(H,13,14). The van der Waals surface area contributed by atoms with Crippen molar-refractivity contribution in [3.63, 3.8) is 0 Å². The van der Waals surface area contributed by atoms with Crippen LogP contribution < -0.4 is 5.32 Å². The fourth-order valence-electron chi connectivity index (χ4n) is 1.17. The molecule has 0 aliphatic rings. The third kappa shape index (κ3) is 2.79. The minimum absolute atomic E-state index is 0.309. The molecule has 1 unspecified atom stereocenters. The summed E-state index contributed by atoms with van der Waals surface area (Å²) in [5.74, 6) is -1.31. The summed E-state index contributed by atoms with van der Waals surface area (Å²) in [5, 5.41) is 13.1. The summed E-state index contributed by atoms with van der Waals surface area (Å²) in [5.41, 5.74) is 0.873. The molecule has 1 heterocycles. The Morgan fingerprint density at radius 3 is 2.67 bits per heavy atom. The van der Waals surface area contributed by atoms with Gasteiger partial charge in [-0.1, -0.05) is 6.92 Å². The molecule has 1 aromatic rings. The number of amides is 1. The van der Waals surface area contributed by atoms with Gasteiger partial charge in [-0.2, -0.15) is 0 Å². The van der Waals surface area contributed by atoms with E-state index in [2.05, 4.69) is 5.32 Å². The van der Waals surface area contributed by atoms with Crippen molar-refractivity contribution in [2.24, 2.45) is 0 Å². The van der Waals surface area contributed by atoms with Crippen molar-refractivity contribution in [2.45, 2.75) is 26.3 Å². The van der Waals surface area contributed by atoms with E-state index in [0.29, 0.717) is 11.3 Å². The van der Waals surface area contributed by atoms with Crippen LogP contribution in [0.4, 0.5) is 0 Å². The van der Waals surface area contributed by atoms with Crippen LogP contribution in [0, 0.1) is 6.92 Å². The molecule has 5 heteroatoms. The molecule has 1 atom stereocenters. The lowest BCUT2D eigenvalue weighted by Gasteiger charge is -2.11. The highest BCUT2D eigenvalue weighted by Gasteiger charge is 2.19. The van der Waals surface area contributed by atoms with E-state index in [9.17, 15) is 9.59 Å². The maximum absolute atomic E-state index is 11.6. The van der Waals surface area contributed by atoms with Crippen LogP contribution in [-0.4, -0.2) is 23.0 Å². The first-order valence-electron chi connectivity index (χ1n) is 4.64. The monoisotopic (exact) mass is 227 g/mol. The maximum Gasteiger partial charge on any atom is 0.326 e. The summed E-state index contributed by atoms with van der Waals surface area (Å²) in [6.07, 6.45) is 0.380. The lowest BCUT2D eigenvalue weighted by atomic mass is 10.2. The molecule has 82 valence electrons. The molecule has 0 aliphatic heterocycles. The predicted molar refractivity (Wildman–Crippen MR) is 58.2 cm³/mol. The largest absolute Gasteiger partial charge is 0.480 e. The molecular formula is C10H13NO3S. The van der Waals surface area contributed by atoms with Gasteiger partial charge in [-0.25, -0.2) is 4.79 Å². The molecule has 0 aromatic carbocycles. The van der Waals surface area contributed by atoms with Gasteiger partial charge < -0.3 is 10.4 Å². The number of rotatable bonds is 4. The SMILES string of the molecule is CCC(NC(=O)c1sccc1C)C(=O)O. The Kier molecular flexibility index (Phi) is 3.85. The normalized spacial score (nSPS) is 12.1. The van der Waals surface area contributed by atoms with Crippen LogP contribution >= 0.6 is 11.3 Å². The van der Waals surface area contributed by atoms with Crippen LogP contribution in [0.3, 0.4) is 0 Å². The van der Waals surface area contributed by atoms with Crippen molar-refractivity contribution in [1.82, 2.24) is 5.32 Å². The second-order valence-electron chi connectivity index (χ2n) is 3.21. The van der Waals surface area contributed by atoms with E-state index >= 15 is 0 Å². The lowest BCUT2D eigenvalue weighted by molar-refractivity contribution is -0.139. The first kappa shape index (κ1) is 11.7. The highest BCUT2D eigenvalue weighted by molar-refractivity contribution is 7.12. The minimum atomic E-state index is -1.000. The Hall–Kier alpha value is -1.36. The summed E-state index contributed by atoms with van der Waals surface area (Å²) >= 11 is 1.32. The van der Waals surface area contributed by atoms with E-state index in [0.717, 1.165) is 5.56 Å². The smallest absolute Gasteiger partial charge is 0.326 e. The first-order chi connectivity index (χ1) is 7.06. The van der Waals surface area contributed by atoms with E-state index in [-0.39, 0.29) is 5.91 Å². The molecule has 0 radical (unpaired) electrons. The molecule has 15 heavy (non-hydrogen) atoms. The molecule has 4 nitrogen and oxygen atoms in total. The summed E-state index contributed by atoms with van der Waals surface area (Å²) in [6, 6.07) is 1.03. The van der Waals surface area contributed by atoms with Crippen molar-refractivity contribution >= 4 is 23.2 Å². The Morgan fingerprint density at radius 2 is 2.27 bits per heavy atom. The van der Waals surface area contributed by atoms with Crippen molar-refractivity contribution in [3.8, 4) is 0 Å². The number of thiophene rings is 1. The van der Waals surface area contributed by atoms with Crippen LogP contribution in [0.25, 0.3) is 0 Å². The first-order valence-corrected chi connectivity index (χ1v) is 5.52. The van der Waals surface area contributed by atoms with Crippen molar-refractivity contribution < 1.29 is 14.7 Å². The minimum Gasteiger partial charge on any atom is -0.480 e. The third-order valence-electron chi connectivity index (χ3n) is 2.08. The Labute approximate surface area is 91.9 Å². The number of aryl methyl sites for hydroxylation is 1. The second-order valence-corrected chi connectivity index (χ2v) is 4.12. The molecule has 0 bridgehead atoms. The van der Waals surface area contributed by atoms with Gasteiger partial charge in [0.15, 0.2) is 0 Å². The van der Waals surface area contributed by atoms with Gasteiger partial charge in [0.05, 0.1) is 4.88 Å². The molecule has 1 rings (SSSR count). The van der Waals surface area contributed by atoms with Gasteiger partial charge in [-0.3, -0.25) is 4.79 Å². The van der Waals surface area contributed by atoms with Crippen LogP contribution in [0.5, 0.6) is 0 Å². The van der Waals surface area contributed by atoms with Gasteiger partial charge in [-0.15, -0.1) is 11.3 Å². The lowest BCUT2D eigenvalue weighted by Crippen LogP contribution is -2.40. The number of carbonyl (C=O) groups excluding carboxylic acids is 1. The van der Waals surface area contributed by atoms with Gasteiger partial charge in [0.1, 0.15) is 6.04 Å². The molecule has 0 fully saturated rings. The second kappa shape index (κ2) is 4.93. The van der Waals surface area contributed by atoms with E-state index in [1.54, 1.807) is 6.92 Å². The summed E-state index contributed by atoms with van der Waals surface area (Å²) < 4.78 is 0. The topological polar surface area (TPSA) is 66.4 Å². The van der Waals surface area contributed by atoms with Gasteiger partial charge >= 0.3 is 5.97 Å². The number of carbonyl (C=O) groups is 2. The van der Waals surface area contributed by atoms with Crippen molar-refractivity contribution in [3.05, 3.63) is 21.9 Å². The molecule has 1 amide bonds. The molecule has 0 saturated carbocycles. The Balaban J connectivity index is 2.71. The third-order valence-corrected chi connectivity index (χ3v) is 3.10. The average Bonchev–Trinajstić information content (AvgIpc) is 2.60. The molecule has 0 aliphatic carbocycles.